The number of benzene rings is 1. The summed E-state index contributed by atoms with van der Waals surface area (Å²) in [4.78, 5) is 4.65. The lowest BCUT2D eigenvalue weighted by Gasteiger charge is -2.12. The highest BCUT2D eigenvalue weighted by Gasteiger charge is 2.46. The molecule has 2 aromatic rings. The number of halogens is 2. The number of fused-ring (bicyclic) bond motifs is 1. The van der Waals surface area contributed by atoms with Crippen molar-refractivity contribution in [1.82, 2.24) is 9.55 Å². The van der Waals surface area contributed by atoms with Gasteiger partial charge < -0.3 is 4.57 Å². The van der Waals surface area contributed by atoms with Crippen LogP contribution in [0.2, 0.25) is 5.02 Å². The van der Waals surface area contributed by atoms with Gasteiger partial charge in [0.25, 0.3) is 0 Å². The molecule has 0 saturated heterocycles. The predicted molar refractivity (Wildman–Crippen MR) is 80.9 cm³/mol. The molecule has 1 aliphatic rings. The van der Waals surface area contributed by atoms with Crippen molar-refractivity contribution in [2.24, 2.45) is 11.3 Å². The first-order chi connectivity index (χ1) is 8.90. The van der Waals surface area contributed by atoms with Crippen molar-refractivity contribution in [3.63, 3.8) is 0 Å². The fourth-order valence-corrected chi connectivity index (χ4v) is 3.19. The van der Waals surface area contributed by atoms with E-state index in [1.165, 1.54) is 6.42 Å². The number of alkyl halides is 1. The minimum atomic E-state index is -0.106. The van der Waals surface area contributed by atoms with Crippen LogP contribution in [-0.2, 0) is 6.54 Å². The highest BCUT2D eigenvalue weighted by molar-refractivity contribution is 6.35. The maximum Gasteiger partial charge on any atom is 0.127 e. The molecule has 1 fully saturated rings. The van der Waals surface area contributed by atoms with Gasteiger partial charge in [-0.1, -0.05) is 31.5 Å². The molecule has 2 atom stereocenters. The number of hydrogen-bond donors (Lipinski definition) is 0. The van der Waals surface area contributed by atoms with Gasteiger partial charge in [0.05, 0.1) is 21.4 Å². The number of aromatic nitrogens is 2. The van der Waals surface area contributed by atoms with Crippen LogP contribution in [0.15, 0.2) is 18.2 Å². The molecule has 0 amide bonds. The molecule has 0 radical (unpaired) electrons. The molecule has 2 unspecified atom stereocenters. The maximum atomic E-state index is 6.35. The van der Waals surface area contributed by atoms with Gasteiger partial charge in [0.1, 0.15) is 5.82 Å². The zero-order chi connectivity index (χ0) is 13.8. The van der Waals surface area contributed by atoms with Crippen LogP contribution in [0.4, 0.5) is 0 Å². The monoisotopic (exact) mass is 296 g/mol. The van der Waals surface area contributed by atoms with E-state index in [-0.39, 0.29) is 5.38 Å². The van der Waals surface area contributed by atoms with E-state index in [1.54, 1.807) is 0 Å². The van der Waals surface area contributed by atoms with Crippen LogP contribution in [0.25, 0.3) is 11.0 Å². The summed E-state index contributed by atoms with van der Waals surface area (Å²) in [5, 5.41) is 0.650. The van der Waals surface area contributed by atoms with Gasteiger partial charge >= 0.3 is 0 Å². The third-order valence-corrected chi connectivity index (χ3v) is 4.72. The van der Waals surface area contributed by atoms with Gasteiger partial charge in [-0.3, -0.25) is 0 Å². The van der Waals surface area contributed by atoms with E-state index < -0.39 is 0 Å². The summed E-state index contributed by atoms with van der Waals surface area (Å²) < 4.78 is 2.22. The number of nitrogens with zero attached hydrogens (tertiary/aromatic N) is 2. The van der Waals surface area contributed by atoms with Crippen LogP contribution in [0.1, 0.15) is 38.4 Å². The van der Waals surface area contributed by atoms with Gasteiger partial charge in [0.2, 0.25) is 0 Å². The fourth-order valence-electron chi connectivity index (χ4n) is 2.76. The topological polar surface area (TPSA) is 17.8 Å². The lowest BCUT2D eigenvalue weighted by atomic mass is 10.1. The van der Waals surface area contributed by atoms with Gasteiger partial charge in [-0.2, -0.15) is 0 Å². The highest BCUT2D eigenvalue weighted by Crippen LogP contribution is 2.53. The molecule has 2 nitrogen and oxygen atoms in total. The van der Waals surface area contributed by atoms with Gasteiger partial charge in [-0.05, 0) is 36.8 Å². The number of rotatable bonds is 3. The molecule has 1 saturated carbocycles. The van der Waals surface area contributed by atoms with Gasteiger partial charge in [-0.15, -0.1) is 11.6 Å². The van der Waals surface area contributed by atoms with Crippen molar-refractivity contribution in [2.45, 2.75) is 39.1 Å². The minimum Gasteiger partial charge on any atom is -0.325 e. The van der Waals surface area contributed by atoms with Crippen molar-refractivity contribution >= 4 is 34.2 Å². The fraction of sp³-hybridized carbons (Fsp3) is 0.533. The third kappa shape index (κ3) is 2.25. The van der Waals surface area contributed by atoms with E-state index in [0.717, 1.165) is 28.4 Å². The summed E-state index contributed by atoms with van der Waals surface area (Å²) in [6.45, 7) is 7.54. The zero-order valence-electron chi connectivity index (χ0n) is 11.5. The first-order valence-electron chi connectivity index (χ1n) is 6.69. The van der Waals surface area contributed by atoms with E-state index in [1.807, 2.05) is 25.1 Å². The molecule has 3 rings (SSSR count). The SMILES string of the molecule is CC(Cl)c1nc2cccc(Cl)c2n1CC1CC1(C)C. The Hall–Kier alpha value is -0.730. The summed E-state index contributed by atoms with van der Waals surface area (Å²) in [5.41, 5.74) is 2.40. The third-order valence-electron chi connectivity index (χ3n) is 4.22. The molecule has 19 heavy (non-hydrogen) atoms. The average molecular weight is 297 g/mol. The molecular formula is C15H18Cl2N2. The Balaban J connectivity index is 2.11. The van der Waals surface area contributed by atoms with Crippen LogP contribution < -0.4 is 0 Å². The van der Waals surface area contributed by atoms with Gasteiger partial charge in [-0.25, -0.2) is 4.98 Å². The van der Waals surface area contributed by atoms with E-state index in [9.17, 15) is 0 Å². The molecule has 0 aliphatic heterocycles. The Morgan fingerprint density at radius 1 is 1.47 bits per heavy atom. The summed E-state index contributed by atoms with van der Waals surface area (Å²) in [6.07, 6.45) is 1.26. The number of imidazole rings is 1. The molecule has 102 valence electrons. The van der Waals surface area contributed by atoms with Crippen molar-refractivity contribution in [3.05, 3.63) is 29.0 Å². The first kappa shape index (κ1) is 13.3. The van der Waals surface area contributed by atoms with Crippen molar-refractivity contribution in [2.75, 3.05) is 0 Å². The molecular weight excluding hydrogens is 279 g/mol. The Bertz CT molecular complexity index is 628. The van der Waals surface area contributed by atoms with Crippen molar-refractivity contribution in [3.8, 4) is 0 Å². The standard InChI is InChI=1S/C15H18Cl2N2/c1-9(16)14-18-12-6-4-5-11(17)13(12)19(14)8-10-7-15(10,2)3/h4-6,9-10H,7-8H2,1-3H3. The number of hydrogen-bond acceptors (Lipinski definition) is 1. The quantitative estimate of drug-likeness (QED) is 0.726. The molecule has 1 aromatic carbocycles. The minimum absolute atomic E-state index is 0.106. The Morgan fingerprint density at radius 2 is 2.16 bits per heavy atom. The normalized spacial score (nSPS) is 22.7. The lowest BCUT2D eigenvalue weighted by molar-refractivity contribution is 0.495. The molecule has 0 N–H and O–H groups in total. The van der Waals surface area contributed by atoms with Gasteiger partial charge in [0, 0.05) is 6.54 Å². The number of para-hydroxylation sites is 1. The van der Waals surface area contributed by atoms with E-state index in [2.05, 4.69) is 23.4 Å². The Kier molecular flexibility index (Phi) is 3.06. The van der Waals surface area contributed by atoms with Gasteiger partial charge in [0.15, 0.2) is 0 Å². The lowest BCUT2D eigenvalue weighted by Crippen LogP contribution is -2.08. The maximum absolute atomic E-state index is 6.35. The van der Waals surface area contributed by atoms with Crippen LogP contribution in [-0.4, -0.2) is 9.55 Å². The summed E-state index contributed by atoms with van der Waals surface area (Å²) in [6, 6.07) is 5.85. The first-order valence-corrected chi connectivity index (χ1v) is 7.50. The van der Waals surface area contributed by atoms with Crippen LogP contribution in [0.5, 0.6) is 0 Å². The second kappa shape index (κ2) is 4.39. The van der Waals surface area contributed by atoms with E-state index in [4.69, 9.17) is 23.2 Å². The molecule has 0 bridgehead atoms. The van der Waals surface area contributed by atoms with Crippen LogP contribution in [0, 0.1) is 11.3 Å². The molecule has 4 heteroatoms. The highest BCUT2D eigenvalue weighted by atomic mass is 35.5. The summed E-state index contributed by atoms with van der Waals surface area (Å²) >= 11 is 12.6. The zero-order valence-corrected chi connectivity index (χ0v) is 13.0. The second-order valence-corrected chi connectivity index (χ2v) is 7.26. The molecule has 1 aliphatic carbocycles. The van der Waals surface area contributed by atoms with Crippen molar-refractivity contribution < 1.29 is 0 Å². The van der Waals surface area contributed by atoms with Crippen LogP contribution in [0.3, 0.4) is 0 Å². The Morgan fingerprint density at radius 3 is 2.74 bits per heavy atom. The Labute approximate surface area is 123 Å². The van der Waals surface area contributed by atoms with Crippen LogP contribution >= 0.6 is 23.2 Å². The molecule has 1 aromatic heterocycles. The average Bonchev–Trinajstić information content (AvgIpc) is 2.76. The molecule has 0 spiro atoms. The smallest absolute Gasteiger partial charge is 0.127 e. The molecule has 1 heterocycles. The van der Waals surface area contributed by atoms with E-state index in [0.29, 0.717) is 11.3 Å². The predicted octanol–water partition coefficient (Wildman–Crippen LogP) is 5.04. The summed E-state index contributed by atoms with van der Waals surface area (Å²) in [7, 11) is 0. The van der Waals surface area contributed by atoms with E-state index >= 15 is 0 Å². The van der Waals surface area contributed by atoms with Crippen molar-refractivity contribution in [1.29, 1.82) is 0 Å². The second-order valence-electron chi connectivity index (χ2n) is 6.19. The largest absolute Gasteiger partial charge is 0.325 e. The summed E-state index contributed by atoms with van der Waals surface area (Å²) in [5.74, 6) is 1.61.